The average molecular weight is 356 g/mol. The number of nitrogens with one attached hydrogen (secondary N) is 1. The first kappa shape index (κ1) is 17.3. The van der Waals surface area contributed by atoms with Crippen molar-refractivity contribution in [1.82, 2.24) is 25.4 Å². The molecule has 0 aliphatic carbocycles. The van der Waals surface area contributed by atoms with Crippen molar-refractivity contribution in [3.05, 3.63) is 54.0 Å². The molecule has 1 atom stereocenters. The number of aromatic nitrogens is 5. The van der Waals surface area contributed by atoms with Crippen molar-refractivity contribution < 1.29 is 18.8 Å². The predicted octanol–water partition coefficient (Wildman–Crippen LogP) is 0.935. The Labute approximate surface area is 148 Å². The maximum atomic E-state index is 12.5. The fraction of sp³-hybridized carbons (Fsp3) is 0.250. The Morgan fingerprint density at radius 3 is 2.77 bits per heavy atom. The minimum atomic E-state index is -0.783. The Bertz CT molecular complexity index is 862. The highest BCUT2D eigenvalue weighted by Gasteiger charge is 2.24. The number of carbonyl (C=O) groups is 2. The summed E-state index contributed by atoms with van der Waals surface area (Å²) in [6.45, 7) is 1.24. The molecule has 1 amide bonds. The Morgan fingerprint density at radius 2 is 2.12 bits per heavy atom. The van der Waals surface area contributed by atoms with Crippen LogP contribution in [0.15, 0.2) is 47.2 Å². The molecule has 0 saturated carbocycles. The SMILES string of the molecule is Cc1cc(NC(=O)COC(=O)[C@@H](Cc2ccccc2)n2cnnn2)no1. The van der Waals surface area contributed by atoms with E-state index in [0.29, 0.717) is 12.2 Å². The third-order valence-electron chi connectivity index (χ3n) is 3.47. The smallest absolute Gasteiger partial charge is 0.331 e. The maximum absolute atomic E-state index is 12.5. The van der Waals surface area contributed by atoms with Crippen LogP contribution in [0.1, 0.15) is 17.4 Å². The van der Waals surface area contributed by atoms with Crippen LogP contribution in [0.3, 0.4) is 0 Å². The van der Waals surface area contributed by atoms with E-state index in [1.165, 1.54) is 11.0 Å². The lowest BCUT2D eigenvalue weighted by Crippen LogP contribution is -2.28. The molecule has 3 aromatic rings. The van der Waals surface area contributed by atoms with Crippen LogP contribution in [-0.4, -0.2) is 43.8 Å². The molecule has 10 nitrogen and oxygen atoms in total. The number of anilines is 1. The lowest BCUT2D eigenvalue weighted by molar-refractivity contribution is -0.151. The van der Waals surface area contributed by atoms with E-state index >= 15 is 0 Å². The normalized spacial score (nSPS) is 11.7. The molecule has 134 valence electrons. The Hall–Kier alpha value is -3.56. The van der Waals surface area contributed by atoms with Crippen LogP contribution in [0.4, 0.5) is 5.82 Å². The largest absolute Gasteiger partial charge is 0.454 e. The monoisotopic (exact) mass is 356 g/mol. The number of aryl methyl sites for hydroxylation is 1. The molecule has 1 N–H and O–H groups in total. The van der Waals surface area contributed by atoms with Crippen molar-refractivity contribution in [2.45, 2.75) is 19.4 Å². The van der Waals surface area contributed by atoms with E-state index in [2.05, 4.69) is 26.0 Å². The summed E-state index contributed by atoms with van der Waals surface area (Å²) in [5, 5.41) is 17.0. The van der Waals surface area contributed by atoms with Gasteiger partial charge in [-0.2, -0.15) is 0 Å². The van der Waals surface area contributed by atoms with Gasteiger partial charge in [0, 0.05) is 12.5 Å². The molecule has 0 radical (unpaired) electrons. The van der Waals surface area contributed by atoms with Gasteiger partial charge in [0.1, 0.15) is 12.1 Å². The van der Waals surface area contributed by atoms with E-state index in [0.717, 1.165) is 5.56 Å². The molecule has 0 bridgehead atoms. The first-order valence-electron chi connectivity index (χ1n) is 7.78. The number of nitrogens with zero attached hydrogens (tertiary/aromatic N) is 5. The number of tetrazole rings is 1. The van der Waals surface area contributed by atoms with Crippen molar-refractivity contribution in [1.29, 1.82) is 0 Å². The standard InChI is InChI=1S/C16H16N6O4/c1-11-7-14(19-26-11)18-15(23)9-25-16(24)13(22-10-17-20-21-22)8-12-5-3-2-4-6-12/h2-7,10,13H,8-9H2,1H3,(H,18,19,23)/t13-/m1/s1. The Balaban J connectivity index is 1.61. The quantitative estimate of drug-likeness (QED) is 0.620. The summed E-state index contributed by atoms with van der Waals surface area (Å²) in [7, 11) is 0. The summed E-state index contributed by atoms with van der Waals surface area (Å²) >= 11 is 0. The highest BCUT2D eigenvalue weighted by molar-refractivity contribution is 5.92. The van der Waals surface area contributed by atoms with Gasteiger partial charge in [0.15, 0.2) is 18.5 Å². The van der Waals surface area contributed by atoms with Crippen LogP contribution >= 0.6 is 0 Å². The second-order valence-corrected chi connectivity index (χ2v) is 5.47. The lowest BCUT2D eigenvalue weighted by atomic mass is 10.1. The van der Waals surface area contributed by atoms with Gasteiger partial charge in [-0.15, -0.1) is 5.10 Å². The molecular weight excluding hydrogens is 340 g/mol. The van der Waals surface area contributed by atoms with E-state index in [1.54, 1.807) is 13.0 Å². The summed E-state index contributed by atoms with van der Waals surface area (Å²) in [4.78, 5) is 24.3. The number of benzene rings is 1. The molecule has 0 fully saturated rings. The fourth-order valence-corrected chi connectivity index (χ4v) is 2.27. The molecule has 0 spiro atoms. The number of ether oxygens (including phenoxy) is 1. The van der Waals surface area contributed by atoms with Gasteiger partial charge in [-0.25, -0.2) is 9.48 Å². The number of hydrogen-bond acceptors (Lipinski definition) is 8. The van der Waals surface area contributed by atoms with Gasteiger partial charge in [-0.3, -0.25) is 4.79 Å². The van der Waals surface area contributed by atoms with Gasteiger partial charge in [-0.05, 0) is 22.9 Å². The highest BCUT2D eigenvalue weighted by Crippen LogP contribution is 2.15. The summed E-state index contributed by atoms with van der Waals surface area (Å²) in [5.74, 6) is -0.335. The second-order valence-electron chi connectivity index (χ2n) is 5.47. The zero-order valence-corrected chi connectivity index (χ0v) is 13.9. The molecule has 0 aliphatic heterocycles. The van der Waals surface area contributed by atoms with E-state index < -0.39 is 24.5 Å². The van der Waals surface area contributed by atoms with Gasteiger partial charge in [0.25, 0.3) is 5.91 Å². The molecule has 2 heterocycles. The molecular formula is C16H16N6O4. The van der Waals surface area contributed by atoms with Crippen molar-refractivity contribution in [2.75, 3.05) is 11.9 Å². The summed E-state index contributed by atoms with van der Waals surface area (Å²) in [6.07, 6.45) is 1.65. The van der Waals surface area contributed by atoms with Crippen molar-refractivity contribution in [3.63, 3.8) is 0 Å². The molecule has 0 aliphatic rings. The third-order valence-corrected chi connectivity index (χ3v) is 3.47. The van der Waals surface area contributed by atoms with E-state index in [-0.39, 0.29) is 5.82 Å². The number of amides is 1. The van der Waals surface area contributed by atoms with Gasteiger partial charge in [0.2, 0.25) is 0 Å². The first-order chi connectivity index (χ1) is 12.6. The molecule has 1 aromatic carbocycles. The summed E-state index contributed by atoms with van der Waals surface area (Å²) in [6, 6.07) is 10.1. The zero-order chi connectivity index (χ0) is 18.4. The predicted molar refractivity (Wildman–Crippen MR) is 87.8 cm³/mol. The topological polar surface area (TPSA) is 125 Å². The number of esters is 1. The lowest BCUT2D eigenvalue weighted by Gasteiger charge is -2.15. The summed E-state index contributed by atoms with van der Waals surface area (Å²) in [5.41, 5.74) is 0.910. The fourth-order valence-electron chi connectivity index (χ4n) is 2.27. The number of rotatable bonds is 7. The van der Waals surface area contributed by atoms with E-state index in [9.17, 15) is 9.59 Å². The number of carbonyl (C=O) groups excluding carboxylic acids is 2. The van der Waals surface area contributed by atoms with Gasteiger partial charge < -0.3 is 14.6 Å². The van der Waals surface area contributed by atoms with Crippen LogP contribution in [-0.2, 0) is 20.7 Å². The molecule has 10 heteroatoms. The van der Waals surface area contributed by atoms with Crippen LogP contribution < -0.4 is 5.32 Å². The van der Waals surface area contributed by atoms with Crippen molar-refractivity contribution in [3.8, 4) is 0 Å². The van der Waals surface area contributed by atoms with Gasteiger partial charge >= 0.3 is 5.97 Å². The van der Waals surface area contributed by atoms with Crippen LogP contribution in [0.5, 0.6) is 0 Å². The average Bonchev–Trinajstić information content (AvgIpc) is 3.30. The minimum absolute atomic E-state index is 0.255. The molecule has 2 aromatic heterocycles. The molecule has 26 heavy (non-hydrogen) atoms. The zero-order valence-electron chi connectivity index (χ0n) is 13.9. The molecule has 0 saturated heterocycles. The highest BCUT2D eigenvalue weighted by atomic mass is 16.5. The van der Waals surface area contributed by atoms with Crippen LogP contribution in [0, 0.1) is 6.92 Å². The minimum Gasteiger partial charge on any atom is -0.454 e. The van der Waals surface area contributed by atoms with Crippen LogP contribution in [0.25, 0.3) is 0 Å². The first-order valence-corrected chi connectivity index (χ1v) is 7.78. The van der Waals surface area contributed by atoms with Crippen LogP contribution in [0.2, 0.25) is 0 Å². The third kappa shape index (κ3) is 4.50. The number of hydrogen-bond donors (Lipinski definition) is 1. The van der Waals surface area contributed by atoms with Crippen molar-refractivity contribution in [2.24, 2.45) is 0 Å². The van der Waals surface area contributed by atoms with E-state index in [1.807, 2.05) is 30.3 Å². The molecule has 3 rings (SSSR count). The van der Waals surface area contributed by atoms with Gasteiger partial charge in [-0.1, -0.05) is 35.5 Å². The Kier molecular flexibility index (Phi) is 5.32. The second kappa shape index (κ2) is 8.01. The van der Waals surface area contributed by atoms with Gasteiger partial charge in [0.05, 0.1) is 0 Å². The Morgan fingerprint density at radius 1 is 1.31 bits per heavy atom. The maximum Gasteiger partial charge on any atom is 0.331 e. The summed E-state index contributed by atoms with van der Waals surface area (Å²) < 4.78 is 11.3. The van der Waals surface area contributed by atoms with Crippen molar-refractivity contribution >= 4 is 17.7 Å². The van der Waals surface area contributed by atoms with E-state index in [4.69, 9.17) is 9.26 Å². The molecule has 0 unspecified atom stereocenters.